The molecule has 1 amide bonds. The molecule has 8 heteroatoms. The summed E-state index contributed by atoms with van der Waals surface area (Å²) in [5.74, 6) is -0.124. The number of nitrogens with zero attached hydrogens (tertiary/aromatic N) is 2. The molecule has 1 aromatic carbocycles. The van der Waals surface area contributed by atoms with Crippen LogP contribution in [0.1, 0.15) is 17.7 Å². The van der Waals surface area contributed by atoms with Crippen LogP contribution in [0.15, 0.2) is 24.3 Å². The fourth-order valence-electron chi connectivity index (χ4n) is 2.04. The van der Waals surface area contributed by atoms with E-state index >= 15 is 0 Å². The first-order valence-electron chi connectivity index (χ1n) is 7.02. The number of amides is 1. The Morgan fingerprint density at radius 1 is 1.48 bits per heavy atom. The maximum Gasteiger partial charge on any atom is 0.270 e. The van der Waals surface area contributed by atoms with Gasteiger partial charge in [-0.1, -0.05) is 12.1 Å². The monoisotopic (exact) mass is 335 g/mol. The Kier molecular flexibility index (Phi) is 5.78. The van der Waals surface area contributed by atoms with Crippen molar-refractivity contribution < 1.29 is 14.5 Å². The Hall–Kier alpha value is -2.32. The lowest BCUT2D eigenvalue weighted by molar-refractivity contribution is -0.384. The van der Waals surface area contributed by atoms with Gasteiger partial charge in [-0.25, -0.2) is 4.98 Å². The standard InChI is InChI=1S/C15H17N3O4S/c1-10-14(11-5-3-6-12(9-11)18(20)21)17-15(23-10)16-13(19)7-4-8-22-2/h3,5-6,9H,4,7-8H2,1-2H3,(H,16,17,19). The maximum atomic E-state index is 11.8. The minimum atomic E-state index is -0.441. The number of anilines is 1. The molecule has 0 fully saturated rings. The number of benzene rings is 1. The summed E-state index contributed by atoms with van der Waals surface area (Å²) in [7, 11) is 1.59. The van der Waals surface area contributed by atoms with Gasteiger partial charge in [0.2, 0.25) is 5.91 Å². The summed E-state index contributed by atoms with van der Waals surface area (Å²) in [6, 6.07) is 6.30. The van der Waals surface area contributed by atoms with Crippen LogP contribution in [-0.2, 0) is 9.53 Å². The zero-order valence-corrected chi connectivity index (χ0v) is 13.7. The number of hydrogen-bond acceptors (Lipinski definition) is 6. The van der Waals surface area contributed by atoms with Crippen molar-refractivity contribution in [1.82, 2.24) is 4.98 Å². The van der Waals surface area contributed by atoms with Crippen LogP contribution in [0.3, 0.4) is 0 Å². The van der Waals surface area contributed by atoms with Crippen molar-refractivity contribution in [3.8, 4) is 11.3 Å². The van der Waals surface area contributed by atoms with Crippen LogP contribution < -0.4 is 5.32 Å². The molecule has 0 bridgehead atoms. The molecule has 0 spiro atoms. The van der Waals surface area contributed by atoms with E-state index in [0.717, 1.165) is 4.88 Å². The van der Waals surface area contributed by atoms with Gasteiger partial charge in [0, 0.05) is 42.7 Å². The predicted octanol–water partition coefficient (Wildman–Crippen LogP) is 3.39. The molecule has 2 rings (SSSR count). The molecule has 0 aliphatic rings. The SMILES string of the molecule is COCCCC(=O)Nc1nc(-c2cccc([N+](=O)[O-])c2)c(C)s1. The zero-order chi connectivity index (χ0) is 16.8. The Labute approximate surface area is 137 Å². The Bertz CT molecular complexity index is 714. The normalized spacial score (nSPS) is 10.5. The number of nitro groups is 1. The van der Waals surface area contributed by atoms with Gasteiger partial charge < -0.3 is 10.1 Å². The molecule has 122 valence electrons. The molecule has 0 aliphatic carbocycles. The van der Waals surface area contributed by atoms with Crippen LogP contribution in [0.25, 0.3) is 11.3 Å². The molecule has 23 heavy (non-hydrogen) atoms. The first-order chi connectivity index (χ1) is 11.0. The molecular weight excluding hydrogens is 318 g/mol. The van der Waals surface area contributed by atoms with E-state index in [1.54, 1.807) is 19.2 Å². The third-order valence-corrected chi connectivity index (χ3v) is 4.01. The maximum absolute atomic E-state index is 11.8. The molecule has 1 N–H and O–H groups in total. The van der Waals surface area contributed by atoms with Crippen LogP contribution in [-0.4, -0.2) is 29.5 Å². The minimum Gasteiger partial charge on any atom is -0.385 e. The van der Waals surface area contributed by atoms with Crippen molar-refractivity contribution in [3.63, 3.8) is 0 Å². The summed E-state index contributed by atoms with van der Waals surface area (Å²) < 4.78 is 4.91. The summed E-state index contributed by atoms with van der Waals surface area (Å²) in [5.41, 5.74) is 1.32. The number of aromatic nitrogens is 1. The summed E-state index contributed by atoms with van der Waals surface area (Å²) in [6.07, 6.45) is 1.00. The van der Waals surface area contributed by atoms with Crippen molar-refractivity contribution in [1.29, 1.82) is 0 Å². The Balaban J connectivity index is 2.13. The number of hydrogen-bond donors (Lipinski definition) is 1. The quantitative estimate of drug-likeness (QED) is 0.475. The number of thiazole rings is 1. The third-order valence-electron chi connectivity index (χ3n) is 3.13. The van der Waals surface area contributed by atoms with Crippen LogP contribution in [0.4, 0.5) is 10.8 Å². The molecule has 0 aliphatic heterocycles. The highest BCUT2D eigenvalue weighted by Gasteiger charge is 2.14. The number of non-ortho nitro benzene ring substituents is 1. The van der Waals surface area contributed by atoms with Crippen molar-refractivity contribution in [3.05, 3.63) is 39.3 Å². The van der Waals surface area contributed by atoms with Crippen molar-refractivity contribution >= 4 is 28.1 Å². The second kappa shape index (κ2) is 7.80. The smallest absolute Gasteiger partial charge is 0.270 e. The van der Waals surface area contributed by atoms with Crippen LogP contribution in [0.5, 0.6) is 0 Å². The van der Waals surface area contributed by atoms with E-state index < -0.39 is 4.92 Å². The van der Waals surface area contributed by atoms with Gasteiger partial charge in [0.05, 0.1) is 10.6 Å². The van der Waals surface area contributed by atoms with Gasteiger partial charge in [-0.05, 0) is 13.3 Å². The first-order valence-corrected chi connectivity index (χ1v) is 7.84. The van der Waals surface area contributed by atoms with Crippen molar-refractivity contribution in [2.75, 3.05) is 19.0 Å². The number of nitrogens with one attached hydrogen (secondary N) is 1. The number of ether oxygens (including phenoxy) is 1. The number of nitro benzene ring substituents is 1. The van der Waals surface area contributed by atoms with E-state index in [-0.39, 0.29) is 11.6 Å². The lowest BCUT2D eigenvalue weighted by Gasteiger charge is -2.01. The number of rotatable bonds is 7. The van der Waals surface area contributed by atoms with Gasteiger partial charge in [-0.2, -0.15) is 0 Å². The number of carbonyl (C=O) groups excluding carboxylic acids is 1. The number of aryl methyl sites for hydroxylation is 1. The number of methoxy groups -OCH3 is 1. The van der Waals surface area contributed by atoms with Gasteiger partial charge in [0.15, 0.2) is 5.13 Å². The molecule has 7 nitrogen and oxygen atoms in total. The second-order valence-electron chi connectivity index (χ2n) is 4.88. The number of carbonyl (C=O) groups is 1. The molecule has 2 aromatic rings. The van der Waals surface area contributed by atoms with E-state index in [1.165, 1.54) is 23.5 Å². The van der Waals surface area contributed by atoms with E-state index in [4.69, 9.17) is 4.74 Å². The van der Waals surface area contributed by atoms with Gasteiger partial charge in [-0.3, -0.25) is 14.9 Å². The zero-order valence-electron chi connectivity index (χ0n) is 12.9. The van der Waals surface area contributed by atoms with E-state index in [1.807, 2.05) is 6.92 Å². The lowest BCUT2D eigenvalue weighted by atomic mass is 10.1. The molecule has 0 atom stereocenters. The Morgan fingerprint density at radius 2 is 2.26 bits per heavy atom. The highest BCUT2D eigenvalue weighted by atomic mass is 32.1. The molecular formula is C15H17N3O4S. The van der Waals surface area contributed by atoms with Gasteiger partial charge in [-0.15, -0.1) is 11.3 Å². The van der Waals surface area contributed by atoms with E-state index in [2.05, 4.69) is 10.3 Å². The molecule has 0 saturated carbocycles. The highest BCUT2D eigenvalue weighted by molar-refractivity contribution is 7.16. The summed E-state index contributed by atoms with van der Waals surface area (Å²) in [4.78, 5) is 27.5. The van der Waals surface area contributed by atoms with Crippen molar-refractivity contribution in [2.24, 2.45) is 0 Å². The third kappa shape index (κ3) is 4.57. The fourth-order valence-corrected chi connectivity index (χ4v) is 2.90. The molecule has 1 aromatic heterocycles. The van der Waals surface area contributed by atoms with Gasteiger partial charge >= 0.3 is 0 Å². The molecule has 1 heterocycles. The molecule has 0 unspecified atom stereocenters. The lowest BCUT2D eigenvalue weighted by Crippen LogP contribution is -2.11. The van der Waals surface area contributed by atoms with Gasteiger partial charge in [0.25, 0.3) is 5.69 Å². The average molecular weight is 335 g/mol. The van der Waals surface area contributed by atoms with E-state index in [9.17, 15) is 14.9 Å². The van der Waals surface area contributed by atoms with Crippen LogP contribution >= 0.6 is 11.3 Å². The summed E-state index contributed by atoms with van der Waals surface area (Å²) in [5, 5.41) is 14.1. The minimum absolute atomic E-state index is 0.0139. The first kappa shape index (κ1) is 17.0. The topological polar surface area (TPSA) is 94.4 Å². The predicted molar refractivity (Wildman–Crippen MR) is 88.7 cm³/mol. The largest absolute Gasteiger partial charge is 0.385 e. The molecule has 0 radical (unpaired) electrons. The van der Waals surface area contributed by atoms with E-state index in [0.29, 0.717) is 35.8 Å². The second-order valence-corrected chi connectivity index (χ2v) is 6.08. The molecule has 0 saturated heterocycles. The van der Waals surface area contributed by atoms with Crippen LogP contribution in [0.2, 0.25) is 0 Å². The average Bonchev–Trinajstić information content (AvgIpc) is 2.88. The summed E-state index contributed by atoms with van der Waals surface area (Å²) in [6.45, 7) is 2.40. The fraction of sp³-hybridized carbons (Fsp3) is 0.333. The van der Waals surface area contributed by atoms with Gasteiger partial charge in [0.1, 0.15) is 0 Å². The highest BCUT2D eigenvalue weighted by Crippen LogP contribution is 2.32. The van der Waals surface area contributed by atoms with Crippen LogP contribution in [0, 0.1) is 17.0 Å². The summed E-state index contributed by atoms with van der Waals surface area (Å²) >= 11 is 1.35. The van der Waals surface area contributed by atoms with Crippen molar-refractivity contribution in [2.45, 2.75) is 19.8 Å². The Morgan fingerprint density at radius 3 is 2.96 bits per heavy atom.